The van der Waals surface area contributed by atoms with Gasteiger partial charge in [0.25, 0.3) is 5.91 Å². The maximum Gasteiger partial charge on any atom is 0.316 e. The molecule has 1 aromatic carbocycles. The molecule has 0 aliphatic carbocycles. The minimum Gasteiger partial charge on any atom is -0.467 e. The summed E-state index contributed by atoms with van der Waals surface area (Å²) in [5.41, 5.74) is 3.69. The van der Waals surface area contributed by atoms with Crippen molar-refractivity contribution in [2.75, 3.05) is 26.7 Å². The lowest BCUT2D eigenvalue weighted by atomic mass is 9.86. The molecule has 1 saturated heterocycles. The van der Waals surface area contributed by atoms with Gasteiger partial charge >= 0.3 is 6.01 Å². The predicted octanol–water partition coefficient (Wildman–Crippen LogP) is 1.20. The second-order valence-corrected chi connectivity index (χ2v) is 6.00. The molecule has 2 aliphatic rings. The highest BCUT2D eigenvalue weighted by molar-refractivity contribution is 5.97. The van der Waals surface area contributed by atoms with E-state index < -0.39 is 0 Å². The van der Waals surface area contributed by atoms with Gasteiger partial charge in [-0.2, -0.15) is 0 Å². The largest absolute Gasteiger partial charge is 0.467 e. The summed E-state index contributed by atoms with van der Waals surface area (Å²) in [5.74, 6) is 0.867. The Morgan fingerprint density at radius 1 is 1.13 bits per heavy atom. The van der Waals surface area contributed by atoms with Crippen LogP contribution in [0, 0.1) is 5.92 Å². The first-order chi connectivity index (χ1) is 11.3. The number of fused-ring (bicyclic) bond motifs is 3. The van der Waals surface area contributed by atoms with Crippen molar-refractivity contribution in [2.24, 2.45) is 5.92 Å². The number of methoxy groups -OCH3 is 1. The molecule has 0 spiro atoms. The van der Waals surface area contributed by atoms with Crippen molar-refractivity contribution in [3.8, 4) is 17.1 Å². The average molecular weight is 310 g/mol. The number of rotatable bonds is 2. The Labute approximate surface area is 134 Å². The fraction of sp³-hybridized carbons (Fsp3) is 0.353. The van der Waals surface area contributed by atoms with E-state index >= 15 is 0 Å². The number of ether oxygens (including phenoxy) is 1. The summed E-state index contributed by atoms with van der Waals surface area (Å²) in [7, 11) is 1.54. The van der Waals surface area contributed by atoms with Crippen LogP contribution in [0.5, 0.6) is 6.01 Å². The van der Waals surface area contributed by atoms with Gasteiger partial charge in [0.05, 0.1) is 7.11 Å². The molecule has 2 N–H and O–H groups in total. The molecule has 2 atom stereocenters. The predicted molar refractivity (Wildman–Crippen MR) is 85.5 cm³/mol. The van der Waals surface area contributed by atoms with E-state index in [2.05, 4.69) is 26.7 Å². The summed E-state index contributed by atoms with van der Waals surface area (Å²) in [6, 6.07) is 6.39. The van der Waals surface area contributed by atoms with Crippen LogP contribution in [0.15, 0.2) is 30.6 Å². The van der Waals surface area contributed by atoms with Gasteiger partial charge in [0.1, 0.15) is 0 Å². The zero-order chi connectivity index (χ0) is 15.8. The Morgan fingerprint density at radius 3 is 2.74 bits per heavy atom. The summed E-state index contributed by atoms with van der Waals surface area (Å²) in [4.78, 5) is 20.7. The van der Waals surface area contributed by atoms with Gasteiger partial charge in [-0.05, 0) is 23.1 Å². The Balaban J connectivity index is 1.75. The second-order valence-electron chi connectivity index (χ2n) is 6.00. The number of aromatic nitrogens is 2. The number of hydrogen-bond donors (Lipinski definition) is 2. The molecule has 2 unspecified atom stereocenters. The Kier molecular flexibility index (Phi) is 3.46. The lowest BCUT2D eigenvalue weighted by Gasteiger charge is -2.16. The number of carbonyl (C=O) groups is 1. The van der Waals surface area contributed by atoms with Gasteiger partial charge < -0.3 is 15.4 Å². The number of benzene rings is 1. The van der Waals surface area contributed by atoms with E-state index in [1.165, 1.54) is 7.11 Å². The van der Waals surface area contributed by atoms with Crippen LogP contribution in [-0.4, -0.2) is 42.6 Å². The first-order valence-corrected chi connectivity index (χ1v) is 7.75. The van der Waals surface area contributed by atoms with Gasteiger partial charge in [-0.1, -0.05) is 12.1 Å². The molecule has 1 aromatic heterocycles. The van der Waals surface area contributed by atoms with Crippen molar-refractivity contribution in [1.29, 1.82) is 0 Å². The highest BCUT2D eigenvalue weighted by atomic mass is 16.5. The van der Waals surface area contributed by atoms with E-state index in [0.29, 0.717) is 17.8 Å². The second kappa shape index (κ2) is 5.62. The lowest BCUT2D eigenvalue weighted by Crippen LogP contribution is -2.28. The topological polar surface area (TPSA) is 76.1 Å². The minimum absolute atomic E-state index is 0.00526. The molecule has 1 amide bonds. The Hall–Kier alpha value is -2.47. The van der Waals surface area contributed by atoms with Crippen LogP contribution < -0.4 is 15.4 Å². The van der Waals surface area contributed by atoms with Crippen LogP contribution in [0.3, 0.4) is 0 Å². The molecule has 3 heterocycles. The summed E-state index contributed by atoms with van der Waals surface area (Å²) >= 11 is 0. The summed E-state index contributed by atoms with van der Waals surface area (Å²) in [6.07, 6.45) is 3.42. The zero-order valence-corrected chi connectivity index (χ0v) is 12.9. The third-order valence-corrected chi connectivity index (χ3v) is 4.71. The van der Waals surface area contributed by atoms with Crippen molar-refractivity contribution >= 4 is 5.91 Å². The van der Waals surface area contributed by atoms with E-state index in [1.54, 1.807) is 12.4 Å². The zero-order valence-electron chi connectivity index (χ0n) is 12.9. The van der Waals surface area contributed by atoms with Gasteiger partial charge in [0.15, 0.2) is 0 Å². The number of amides is 1. The molecule has 0 bridgehead atoms. The van der Waals surface area contributed by atoms with E-state index in [0.717, 1.165) is 41.9 Å². The van der Waals surface area contributed by atoms with Crippen LogP contribution in [0.25, 0.3) is 11.1 Å². The molecule has 6 heteroatoms. The van der Waals surface area contributed by atoms with Gasteiger partial charge in [0, 0.05) is 49.1 Å². The van der Waals surface area contributed by atoms with E-state index in [9.17, 15) is 4.79 Å². The third-order valence-electron chi connectivity index (χ3n) is 4.71. The van der Waals surface area contributed by atoms with Crippen LogP contribution in [-0.2, 0) is 0 Å². The molecule has 4 rings (SSSR count). The highest BCUT2D eigenvalue weighted by Gasteiger charge is 2.34. The number of carbonyl (C=O) groups excluding carboxylic acids is 1. The maximum atomic E-state index is 12.4. The first-order valence-electron chi connectivity index (χ1n) is 7.75. The molecule has 23 heavy (non-hydrogen) atoms. The van der Waals surface area contributed by atoms with E-state index in [1.807, 2.05) is 12.1 Å². The molecule has 118 valence electrons. The van der Waals surface area contributed by atoms with Crippen molar-refractivity contribution in [2.45, 2.75) is 5.92 Å². The first kappa shape index (κ1) is 14.1. The van der Waals surface area contributed by atoms with Crippen LogP contribution in [0.1, 0.15) is 21.8 Å². The lowest BCUT2D eigenvalue weighted by molar-refractivity contribution is 0.0952. The smallest absolute Gasteiger partial charge is 0.316 e. The maximum absolute atomic E-state index is 12.4. The molecule has 0 saturated carbocycles. The third kappa shape index (κ3) is 2.45. The Morgan fingerprint density at radius 2 is 1.96 bits per heavy atom. The molecule has 0 radical (unpaired) electrons. The van der Waals surface area contributed by atoms with Gasteiger partial charge in [-0.25, -0.2) is 9.97 Å². The molecular formula is C17H18N4O2. The van der Waals surface area contributed by atoms with E-state index in [-0.39, 0.29) is 5.91 Å². The monoisotopic (exact) mass is 310 g/mol. The van der Waals surface area contributed by atoms with Crippen LogP contribution in [0.4, 0.5) is 0 Å². The number of nitrogens with one attached hydrogen (secondary N) is 2. The van der Waals surface area contributed by atoms with Crippen molar-refractivity contribution in [3.63, 3.8) is 0 Å². The van der Waals surface area contributed by atoms with Crippen molar-refractivity contribution in [1.82, 2.24) is 20.6 Å². The molecule has 6 nitrogen and oxygen atoms in total. The van der Waals surface area contributed by atoms with Crippen LogP contribution >= 0.6 is 0 Å². The average Bonchev–Trinajstić information content (AvgIpc) is 3.03. The summed E-state index contributed by atoms with van der Waals surface area (Å²) in [5, 5.41) is 6.46. The van der Waals surface area contributed by atoms with Gasteiger partial charge in [-0.15, -0.1) is 0 Å². The highest BCUT2D eigenvalue weighted by Crippen LogP contribution is 2.34. The molecule has 1 fully saturated rings. The van der Waals surface area contributed by atoms with E-state index in [4.69, 9.17) is 4.74 Å². The summed E-state index contributed by atoms with van der Waals surface area (Å²) < 4.78 is 4.98. The fourth-order valence-electron chi connectivity index (χ4n) is 3.46. The van der Waals surface area contributed by atoms with Gasteiger partial charge in [0.2, 0.25) is 0 Å². The molecule has 2 aliphatic heterocycles. The van der Waals surface area contributed by atoms with Gasteiger partial charge in [-0.3, -0.25) is 4.79 Å². The quantitative estimate of drug-likeness (QED) is 0.871. The van der Waals surface area contributed by atoms with Crippen molar-refractivity contribution < 1.29 is 9.53 Å². The normalized spacial score (nSPS) is 22.7. The van der Waals surface area contributed by atoms with Crippen molar-refractivity contribution in [3.05, 3.63) is 41.7 Å². The standard InChI is InChI=1S/C17H18N4O2/c1-23-17-20-6-11(7-21-17)10-2-3-13-14(4-10)16(22)19-8-12-5-18-9-15(12)13/h2-4,6-7,12,15,18H,5,8-9H2,1H3,(H,19,22). The molecular weight excluding hydrogens is 292 g/mol. The fourth-order valence-corrected chi connectivity index (χ4v) is 3.46. The SMILES string of the molecule is COc1ncc(-c2ccc3c(c2)C(=O)NCC2CNCC32)cn1. The Bertz CT molecular complexity index is 745. The molecule has 2 aromatic rings. The summed E-state index contributed by atoms with van der Waals surface area (Å²) in [6.45, 7) is 2.61. The van der Waals surface area contributed by atoms with Crippen LogP contribution in [0.2, 0.25) is 0 Å². The minimum atomic E-state index is 0.00526. The number of hydrogen-bond acceptors (Lipinski definition) is 5. The number of nitrogens with zero attached hydrogens (tertiary/aromatic N) is 2.